The molecule has 8 heteroatoms. The van der Waals surface area contributed by atoms with Crippen LogP contribution in [0.3, 0.4) is 0 Å². The summed E-state index contributed by atoms with van der Waals surface area (Å²) in [6, 6.07) is 6.09. The Balaban J connectivity index is 1.68. The van der Waals surface area contributed by atoms with E-state index < -0.39 is 0 Å². The Bertz CT molecular complexity index is 978. The summed E-state index contributed by atoms with van der Waals surface area (Å²) in [5, 5.41) is 10.2. The van der Waals surface area contributed by atoms with Crippen LogP contribution in [0.15, 0.2) is 29.4 Å². The molecule has 2 heterocycles. The fourth-order valence-electron chi connectivity index (χ4n) is 4.36. The van der Waals surface area contributed by atoms with Crippen molar-refractivity contribution in [3.63, 3.8) is 0 Å². The van der Waals surface area contributed by atoms with Crippen molar-refractivity contribution < 1.29 is 19.3 Å². The van der Waals surface area contributed by atoms with E-state index in [4.69, 9.17) is 19.2 Å². The number of methoxy groups -OCH3 is 2. The van der Waals surface area contributed by atoms with Crippen LogP contribution in [0.4, 0.5) is 5.95 Å². The van der Waals surface area contributed by atoms with Gasteiger partial charge in [0, 0.05) is 31.8 Å². The maximum atomic E-state index is 10.2. The second-order valence-corrected chi connectivity index (χ2v) is 8.32. The van der Waals surface area contributed by atoms with E-state index in [2.05, 4.69) is 16.0 Å². The Morgan fingerprint density at radius 3 is 2.68 bits per heavy atom. The van der Waals surface area contributed by atoms with E-state index in [1.54, 1.807) is 20.4 Å². The normalized spacial score (nSPS) is 23.2. The van der Waals surface area contributed by atoms with Crippen molar-refractivity contribution in [2.45, 2.75) is 50.4 Å². The molecule has 1 aliphatic heterocycles. The van der Waals surface area contributed by atoms with E-state index in [1.165, 1.54) is 0 Å². The molecule has 1 aliphatic carbocycles. The van der Waals surface area contributed by atoms with Crippen molar-refractivity contribution in [3.8, 4) is 11.6 Å². The van der Waals surface area contributed by atoms with Crippen LogP contribution < -0.4 is 14.4 Å². The fraction of sp³-hybridized carbons (Fsp3) is 0.522. The number of hydrogen-bond acceptors (Lipinski definition) is 8. The highest BCUT2D eigenvalue weighted by Crippen LogP contribution is 2.42. The van der Waals surface area contributed by atoms with Crippen molar-refractivity contribution in [3.05, 3.63) is 41.1 Å². The van der Waals surface area contributed by atoms with Gasteiger partial charge in [0.15, 0.2) is 0 Å². The van der Waals surface area contributed by atoms with Gasteiger partial charge in [-0.2, -0.15) is 4.98 Å². The molecule has 2 aliphatic rings. The van der Waals surface area contributed by atoms with E-state index in [1.807, 2.05) is 38.1 Å². The average Bonchev–Trinajstić information content (AvgIpc) is 2.78. The summed E-state index contributed by atoms with van der Waals surface area (Å²) >= 11 is 0. The summed E-state index contributed by atoms with van der Waals surface area (Å²) in [7, 11) is 7.00. The number of benzene rings is 1. The first-order valence-electron chi connectivity index (χ1n) is 10.6. The van der Waals surface area contributed by atoms with Crippen LogP contribution in [0, 0.1) is 0 Å². The van der Waals surface area contributed by atoms with Crippen molar-refractivity contribution in [1.82, 2.24) is 9.97 Å². The number of aliphatic hydroxyl groups is 1. The summed E-state index contributed by atoms with van der Waals surface area (Å²) in [5.41, 5.74) is 2.81. The number of rotatable bonds is 5. The van der Waals surface area contributed by atoms with Crippen LogP contribution in [-0.2, 0) is 4.74 Å². The van der Waals surface area contributed by atoms with Crippen molar-refractivity contribution in [2.75, 3.05) is 33.2 Å². The zero-order chi connectivity index (χ0) is 22.1. The van der Waals surface area contributed by atoms with Gasteiger partial charge in [0.2, 0.25) is 17.7 Å². The van der Waals surface area contributed by atoms with E-state index >= 15 is 0 Å². The van der Waals surface area contributed by atoms with Crippen LogP contribution in [-0.4, -0.2) is 61.4 Å². The first-order valence-corrected chi connectivity index (χ1v) is 10.6. The van der Waals surface area contributed by atoms with Crippen molar-refractivity contribution in [2.24, 2.45) is 4.99 Å². The molecule has 1 aromatic carbocycles. The van der Waals surface area contributed by atoms with E-state index in [0.29, 0.717) is 24.1 Å². The predicted octanol–water partition coefficient (Wildman–Crippen LogP) is 3.09. The summed E-state index contributed by atoms with van der Waals surface area (Å²) < 4.78 is 17.3. The molecule has 31 heavy (non-hydrogen) atoms. The van der Waals surface area contributed by atoms with Gasteiger partial charge in [-0.05, 0) is 43.9 Å². The second kappa shape index (κ2) is 8.70. The lowest BCUT2D eigenvalue weighted by molar-refractivity contribution is 0.108. The molecule has 4 rings (SSSR count). The highest BCUT2D eigenvalue weighted by atomic mass is 16.5. The molecule has 1 fully saturated rings. The molecule has 0 bridgehead atoms. The molecule has 8 nitrogen and oxygen atoms in total. The molecule has 1 aromatic heterocycles. The molecule has 0 radical (unpaired) electrons. The molecule has 0 saturated heterocycles. The molecule has 0 amide bonds. The standard InChI is InChI=1S/C23H30N4O4/c1-13(19-12-24-23(27(2)3)26-21(19)30-5)31-22-18-11-15(29-4)7-8-16(18)17-10-14(28)6-9-20(17)25-22/h7-8,11-14,17,20,28H,6,9-10H2,1-5H3/t13?,14-,17-,20-/m1/s1. The number of ether oxygens (including phenoxy) is 3. The van der Waals surface area contributed by atoms with Gasteiger partial charge in [-0.15, -0.1) is 0 Å². The predicted molar refractivity (Wildman–Crippen MR) is 118 cm³/mol. The largest absolute Gasteiger partial charge is 0.497 e. The van der Waals surface area contributed by atoms with Gasteiger partial charge in [0.25, 0.3) is 0 Å². The summed E-state index contributed by atoms with van der Waals surface area (Å²) in [4.78, 5) is 15.7. The molecule has 4 atom stereocenters. The van der Waals surface area contributed by atoms with E-state index in [9.17, 15) is 5.11 Å². The number of aliphatic hydroxyl groups excluding tert-OH is 1. The molecule has 2 aromatic rings. The third kappa shape index (κ3) is 4.17. The first kappa shape index (κ1) is 21.4. The van der Waals surface area contributed by atoms with Gasteiger partial charge in [-0.1, -0.05) is 6.07 Å². The lowest BCUT2D eigenvalue weighted by atomic mass is 9.75. The maximum absolute atomic E-state index is 10.2. The number of anilines is 1. The third-order valence-corrected chi connectivity index (χ3v) is 6.05. The zero-order valence-corrected chi connectivity index (χ0v) is 18.7. The minimum absolute atomic E-state index is 0.0979. The SMILES string of the molecule is COc1ccc2c(c1)C(OC(C)c1cnc(N(C)C)nc1OC)=N[C@@H]1CC[C@@H](O)C[C@H]21. The van der Waals surface area contributed by atoms with Gasteiger partial charge < -0.3 is 24.2 Å². The van der Waals surface area contributed by atoms with Gasteiger partial charge in [-0.25, -0.2) is 9.98 Å². The van der Waals surface area contributed by atoms with Gasteiger partial charge in [-0.3, -0.25) is 0 Å². The molecular weight excluding hydrogens is 396 g/mol. The Hall–Kier alpha value is -2.87. The number of nitrogens with zero attached hydrogens (tertiary/aromatic N) is 4. The monoisotopic (exact) mass is 426 g/mol. The average molecular weight is 427 g/mol. The molecular formula is C23H30N4O4. The lowest BCUT2D eigenvalue weighted by Crippen LogP contribution is -2.34. The topological polar surface area (TPSA) is 89.3 Å². The molecule has 1 N–H and O–H groups in total. The quantitative estimate of drug-likeness (QED) is 0.786. The van der Waals surface area contributed by atoms with Gasteiger partial charge in [0.1, 0.15) is 11.9 Å². The molecule has 166 valence electrons. The van der Waals surface area contributed by atoms with Crippen LogP contribution in [0.1, 0.15) is 54.9 Å². The highest BCUT2D eigenvalue weighted by molar-refractivity contribution is 5.97. The Morgan fingerprint density at radius 2 is 1.97 bits per heavy atom. The Kier molecular flexibility index (Phi) is 6.00. The summed E-state index contributed by atoms with van der Waals surface area (Å²) in [6.45, 7) is 1.94. The number of aromatic nitrogens is 2. The number of aliphatic imine (C=N–C) groups is 1. The molecule has 0 spiro atoms. The Morgan fingerprint density at radius 1 is 1.16 bits per heavy atom. The van der Waals surface area contributed by atoms with Gasteiger partial charge in [0.05, 0.1) is 31.9 Å². The minimum Gasteiger partial charge on any atom is -0.497 e. The van der Waals surface area contributed by atoms with Crippen LogP contribution in [0.5, 0.6) is 11.6 Å². The second-order valence-electron chi connectivity index (χ2n) is 8.32. The number of hydrogen-bond donors (Lipinski definition) is 1. The zero-order valence-electron chi connectivity index (χ0n) is 18.7. The minimum atomic E-state index is -0.366. The van der Waals surface area contributed by atoms with Crippen molar-refractivity contribution in [1.29, 1.82) is 0 Å². The maximum Gasteiger partial charge on any atom is 0.228 e. The summed E-state index contributed by atoms with van der Waals surface area (Å²) in [6.07, 6.45) is 3.39. The smallest absolute Gasteiger partial charge is 0.228 e. The van der Waals surface area contributed by atoms with E-state index in [0.717, 1.165) is 35.3 Å². The van der Waals surface area contributed by atoms with Gasteiger partial charge >= 0.3 is 0 Å². The van der Waals surface area contributed by atoms with Crippen molar-refractivity contribution >= 4 is 11.8 Å². The molecule has 1 saturated carbocycles. The molecule has 1 unspecified atom stereocenters. The summed E-state index contributed by atoms with van der Waals surface area (Å²) in [5.74, 6) is 2.56. The highest BCUT2D eigenvalue weighted by Gasteiger charge is 2.37. The Labute approximate surface area is 182 Å². The van der Waals surface area contributed by atoms with Crippen LogP contribution >= 0.6 is 0 Å². The number of fused-ring (bicyclic) bond motifs is 3. The van der Waals surface area contributed by atoms with Crippen LogP contribution in [0.25, 0.3) is 0 Å². The lowest BCUT2D eigenvalue weighted by Gasteiger charge is -2.37. The third-order valence-electron chi connectivity index (χ3n) is 6.05. The van der Waals surface area contributed by atoms with E-state index in [-0.39, 0.29) is 24.2 Å². The fourth-order valence-corrected chi connectivity index (χ4v) is 4.36. The van der Waals surface area contributed by atoms with Crippen LogP contribution in [0.2, 0.25) is 0 Å². The first-order chi connectivity index (χ1) is 14.9.